The van der Waals surface area contributed by atoms with Gasteiger partial charge in [-0.2, -0.15) is 0 Å². The van der Waals surface area contributed by atoms with Crippen LogP contribution in [0.2, 0.25) is 0 Å². The Balaban J connectivity index is 1.23. The first-order chi connectivity index (χ1) is 19.8. The average molecular weight is 582 g/mol. The Morgan fingerprint density at radius 3 is 2.07 bits per heavy atom. The highest BCUT2D eigenvalue weighted by atomic mass is 32.2. The van der Waals surface area contributed by atoms with Crippen molar-refractivity contribution in [2.45, 2.75) is 77.5 Å². The fourth-order valence-corrected chi connectivity index (χ4v) is 8.96. The van der Waals surface area contributed by atoms with Crippen LogP contribution >= 0.6 is 0 Å². The van der Waals surface area contributed by atoms with E-state index in [-0.39, 0.29) is 11.7 Å². The van der Waals surface area contributed by atoms with Gasteiger partial charge in [0, 0.05) is 41.9 Å². The molecular formula is C34H49N2O4S+. The number of benzene rings is 2. The first-order valence-electron chi connectivity index (χ1n) is 15.7. The lowest BCUT2D eigenvalue weighted by Gasteiger charge is -2.50. The van der Waals surface area contributed by atoms with Crippen molar-refractivity contribution in [1.82, 2.24) is 4.90 Å². The fourth-order valence-electron chi connectivity index (χ4n) is 7.19. The molecule has 0 aliphatic carbocycles. The lowest BCUT2D eigenvalue weighted by molar-refractivity contribution is -0.953. The number of quaternary nitrogens is 1. The number of rotatable bonds is 12. The number of fused-ring (bicyclic) bond motifs is 3. The first kappa shape index (κ1) is 30.3. The summed E-state index contributed by atoms with van der Waals surface area (Å²) in [5, 5.41) is 13.1. The first-order valence-corrected chi connectivity index (χ1v) is 17.4. The summed E-state index contributed by atoms with van der Waals surface area (Å²) in [5.74, 6) is 0.425. The second kappa shape index (κ2) is 13.0. The Morgan fingerprint density at radius 1 is 0.902 bits per heavy atom. The summed E-state index contributed by atoms with van der Waals surface area (Å²) in [6.07, 6.45) is 6.18. The average Bonchev–Trinajstić information content (AvgIpc) is 3.09. The van der Waals surface area contributed by atoms with Crippen LogP contribution in [0, 0.1) is 5.41 Å². The van der Waals surface area contributed by atoms with Crippen LogP contribution in [0.15, 0.2) is 60.0 Å². The van der Waals surface area contributed by atoms with Crippen molar-refractivity contribution < 1.29 is 22.7 Å². The third-order valence-corrected chi connectivity index (χ3v) is 11.4. The molecule has 41 heavy (non-hydrogen) atoms. The zero-order valence-corrected chi connectivity index (χ0v) is 25.8. The number of unbranched alkanes of at least 4 members (excludes halogenated alkanes) is 2. The molecule has 0 radical (unpaired) electrons. The molecule has 2 atom stereocenters. The molecule has 0 aromatic heterocycles. The molecular weight excluding hydrogens is 532 g/mol. The van der Waals surface area contributed by atoms with Gasteiger partial charge in [-0.15, -0.1) is 0 Å². The van der Waals surface area contributed by atoms with E-state index in [4.69, 9.17) is 4.74 Å². The van der Waals surface area contributed by atoms with Gasteiger partial charge in [0.05, 0.1) is 31.5 Å². The van der Waals surface area contributed by atoms with Crippen molar-refractivity contribution in [2.24, 2.45) is 5.41 Å². The van der Waals surface area contributed by atoms with Crippen LogP contribution in [0.25, 0.3) is 0 Å². The van der Waals surface area contributed by atoms with E-state index in [1.54, 1.807) is 6.08 Å². The third kappa shape index (κ3) is 7.24. The van der Waals surface area contributed by atoms with E-state index < -0.39 is 21.4 Å². The van der Waals surface area contributed by atoms with E-state index in [9.17, 15) is 13.5 Å². The Morgan fingerprint density at radius 2 is 1.49 bits per heavy atom. The number of nitrogens with zero attached hydrogens (tertiary/aromatic N) is 2. The van der Waals surface area contributed by atoms with Crippen molar-refractivity contribution in [3.8, 4) is 5.75 Å². The maximum atomic E-state index is 12.9. The van der Waals surface area contributed by atoms with Crippen molar-refractivity contribution >= 4 is 9.84 Å². The third-order valence-electron chi connectivity index (χ3n) is 9.89. The summed E-state index contributed by atoms with van der Waals surface area (Å²) in [6.45, 7) is 13.4. The van der Waals surface area contributed by atoms with Crippen LogP contribution < -0.4 is 4.74 Å². The number of hydrogen-bond donors (Lipinski definition) is 1. The topological polar surface area (TPSA) is 66.8 Å². The number of ether oxygens (including phenoxy) is 1. The minimum absolute atomic E-state index is 0.0206. The summed E-state index contributed by atoms with van der Waals surface area (Å²) >= 11 is 0. The van der Waals surface area contributed by atoms with Crippen LogP contribution in [-0.4, -0.2) is 74.0 Å². The monoisotopic (exact) mass is 581 g/mol. The van der Waals surface area contributed by atoms with Gasteiger partial charge in [0.1, 0.15) is 18.9 Å². The van der Waals surface area contributed by atoms with E-state index in [1.807, 2.05) is 24.3 Å². The number of hydrogen-bond acceptors (Lipinski definition) is 5. The maximum absolute atomic E-state index is 12.9. The number of aliphatic hydroxyl groups is 1. The van der Waals surface area contributed by atoms with E-state index in [1.165, 1.54) is 54.7 Å². The molecule has 2 bridgehead atoms. The molecule has 1 N–H and O–H groups in total. The largest absolute Gasteiger partial charge is 0.489 e. The molecule has 6 rings (SSSR count). The predicted octanol–water partition coefficient (Wildman–Crippen LogP) is 5.67. The molecule has 4 heterocycles. The number of sulfone groups is 1. The smallest absolute Gasteiger partial charge is 0.171 e. The standard InChI is InChI=1S/C34H49N2O4S/c1-3-5-16-34(17-6-4-2)27-41(38,39)24-15-32(33(34)37)30-11-13-31(14-12-30)40-26-29-9-7-28(8-10-29)25-36-21-18-35(19-22-36)20-23-36/h7-15,24,32-33,37H,3-6,16-23,25-27H2,1-2H3/q+1/t32-,33+/m0/s1. The molecule has 224 valence electrons. The molecule has 4 aliphatic heterocycles. The second-order valence-electron chi connectivity index (χ2n) is 12.9. The summed E-state index contributed by atoms with van der Waals surface area (Å²) in [5.41, 5.74) is 2.84. The van der Waals surface area contributed by atoms with Crippen molar-refractivity contribution in [3.05, 3.63) is 76.7 Å². The van der Waals surface area contributed by atoms with Gasteiger partial charge in [-0.05, 0) is 36.1 Å². The van der Waals surface area contributed by atoms with E-state index in [0.717, 1.165) is 61.9 Å². The lowest BCUT2D eigenvalue weighted by Crippen LogP contribution is -2.66. The van der Waals surface area contributed by atoms with Crippen LogP contribution in [0.1, 0.15) is 75.0 Å². The van der Waals surface area contributed by atoms with Crippen LogP contribution in [0.3, 0.4) is 0 Å². The number of aliphatic hydroxyl groups excluding tert-OH is 1. The molecule has 4 aliphatic rings. The van der Waals surface area contributed by atoms with Crippen LogP contribution in [0.4, 0.5) is 0 Å². The molecule has 0 spiro atoms. The molecule has 3 fully saturated rings. The van der Waals surface area contributed by atoms with E-state index >= 15 is 0 Å². The van der Waals surface area contributed by atoms with Gasteiger partial charge in [0.25, 0.3) is 0 Å². The SMILES string of the molecule is CCCCC1(CCCC)CS(=O)(=O)C=C[C@@H](c2ccc(OCc3ccc(C[N+]45CCN(CC4)CC5)cc3)cc2)[C@H]1O. The van der Waals surface area contributed by atoms with Crippen molar-refractivity contribution in [1.29, 1.82) is 0 Å². The van der Waals surface area contributed by atoms with Crippen LogP contribution in [-0.2, 0) is 23.0 Å². The summed E-state index contributed by atoms with van der Waals surface area (Å²) in [4.78, 5) is 2.58. The van der Waals surface area contributed by atoms with Crippen molar-refractivity contribution in [3.63, 3.8) is 0 Å². The van der Waals surface area contributed by atoms with Gasteiger partial charge in [-0.3, -0.25) is 4.90 Å². The Bertz CT molecular complexity index is 1240. The quantitative estimate of drug-likeness (QED) is 0.328. The molecule has 2 aromatic carbocycles. The van der Waals surface area contributed by atoms with Gasteiger partial charge < -0.3 is 14.3 Å². The highest BCUT2D eigenvalue weighted by molar-refractivity contribution is 7.94. The Kier molecular flexibility index (Phi) is 9.59. The molecule has 0 saturated carbocycles. The summed E-state index contributed by atoms with van der Waals surface area (Å²) in [6, 6.07) is 16.7. The molecule has 0 amide bonds. The minimum atomic E-state index is -3.39. The van der Waals surface area contributed by atoms with E-state index in [2.05, 4.69) is 43.0 Å². The second-order valence-corrected chi connectivity index (χ2v) is 14.7. The summed E-state index contributed by atoms with van der Waals surface area (Å²) in [7, 11) is -3.39. The van der Waals surface area contributed by atoms with Gasteiger partial charge in [-0.1, -0.05) is 82.0 Å². The highest BCUT2D eigenvalue weighted by Crippen LogP contribution is 2.45. The van der Waals surface area contributed by atoms with E-state index in [0.29, 0.717) is 6.61 Å². The summed E-state index contributed by atoms with van der Waals surface area (Å²) < 4.78 is 33.2. The zero-order chi connectivity index (χ0) is 28.9. The Hall–Kier alpha value is -2.19. The predicted molar refractivity (Wildman–Crippen MR) is 165 cm³/mol. The van der Waals surface area contributed by atoms with Crippen LogP contribution in [0.5, 0.6) is 5.75 Å². The van der Waals surface area contributed by atoms with Crippen molar-refractivity contribution in [2.75, 3.05) is 45.0 Å². The maximum Gasteiger partial charge on any atom is 0.171 e. The van der Waals surface area contributed by atoms with Gasteiger partial charge in [0.15, 0.2) is 9.84 Å². The molecule has 7 heteroatoms. The molecule has 2 aromatic rings. The zero-order valence-electron chi connectivity index (χ0n) is 25.0. The van der Waals surface area contributed by atoms with Gasteiger partial charge in [-0.25, -0.2) is 8.42 Å². The van der Waals surface area contributed by atoms with Gasteiger partial charge >= 0.3 is 0 Å². The fraction of sp³-hybridized carbons (Fsp3) is 0.588. The normalized spacial score (nSPS) is 28.3. The highest BCUT2D eigenvalue weighted by Gasteiger charge is 2.45. The Labute approximate surface area is 247 Å². The molecule has 6 nitrogen and oxygen atoms in total. The molecule has 3 saturated heterocycles. The van der Waals surface area contributed by atoms with Gasteiger partial charge in [0.2, 0.25) is 0 Å². The lowest BCUT2D eigenvalue weighted by atomic mass is 9.69. The number of piperazine rings is 3. The molecule has 0 unspecified atom stereocenters. The minimum Gasteiger partial charge on any atom is -0.489 e.